The van der Waals surface area contributed by atoms with Crippen molar-refractivity contribution in [3.05, 3.63) is 33.8 Å². The Morgan fingerprint density at radius 3 is 2.67 bits per heavy atom. The smallest absolute Gasteiger partial charge is 0.305 e. The van der Waals surface area contributed by atoms with Gasteiger partial charge in [0.05, 0.1) is 6.42 Å². The van der Waals surface area contributed by atoms with Crippen LogP contribution in [-0.4, -0.2) is 23.5 Å². The number of carbonyl (C=O) groups excluding carboxylic acids is 1. The molecule has 5 heteroatoms. The Labute approximate surface area is 115 Å². The fraction of sp³-hybridized carbons (Fsp3) is 0.385. The van der Waals surface area contributed by atoms with E-state index in [-0.39, 0.29) is 18.9 Å². The van der Waals surface area contributed by atoms with Crippen LogP contribution < -0.4 is 5.32 Å². The van der Waals surface area contributed by atoms with Crippen LogP contribution in [0.15, 0.2) is 22.7 Å². The van der Waals surface area contributed by atoms with Crippen molar-refractivity contribution in [3.63, 3.8) is 0 Å². The molecule has 0 aliphatic carbocycles. The minimum absolute atomic E-state index is 0.0386. The Hall–Kier alpha value is -1.36. The first-order chi connectivity index (χ1) is 8.49. The first kappa shape index (κ1) is 14.7. The summed E-state index contributed by atoms with van der Waals surface area (Å²) in [7, 11) is 0. The van der Waals surface area contributed by atoms with Gasteiger partial charge in [0, 0.05) is 17.4 Å². The minimum atomic E-state index is -0.904. The molecule has 4 nitrogen and oxygen atoms in total. The third-order valence-electron chi connectivity index (χ3n) is 2.52. The maximum Gasteiger partial charge on any atom is 0.305 e. The monoisotopic (exact) mass is 313 g/mol. The SMILES string of the molecule is Cc1cc(CCC(=O)NCCC(=O)O)ccc1Br. The Balaban J connectivity index is 2.33. The fourth-order valence-corrected chi connectivity index (χ4v) is 1.76. The van der Waals surface area contributed by atoms with Crippen molar-refractivity contribution in [2.24, 2.45) is 0 Å². The van der Waals surface area contributed by atoms with Crippen molar-refractivity contribution in [1.82, 2.24) is 5.32 Å². The highest BCUT2D eigenvalue weighted by Gasteiger charge is 2.04. The van der Waals surface area contributed by atoms with Crippen molar-refractivity contribution in [2.75, 3.05) is 6.54 Å². The van der Waals surface area contributed by atoms with E-state index in [2.05, 4.69) is 21.2 Å². The van der Waals surface area contributed by atoms with E-state index in [0.29, 0.717) is 12.8 Å². The summed E-state index contributed by atoms with van der Waals surface area (Å²) in [5.41, 5.74) is 2.24. The average molecular weight is 314 g/mol. The molecule has 0 aliphatic rings. The molecule has 0 heterocycles. The van der Waals surface area contributed by atoms with E-state index in [1.54, 1.807) is 0 Å². The van der Waals surface area contributed by atoms with Crippen LogP contribution in [-0.2, 0) is 16.0 Å². The molecule has 0 saturated heterocycles. The van der Waals surface area contributed by atoms with Gasteiger partial charge in [0.25, 0.3) is 0 Å². The van der Waals surface area contributed by atoms with Gasteiger partial charge in [-0.3, -0.25) is 9.59 Å². The van der Waals surface area contributed by atoms with Gasteiger partial charge in [-0.05, 0) is 30.5 Å². The molecule has 0 radical (unpaired) electrons. The molecule has 98 valence electrons. The molecule has 18 heavy (non-hydrogen) atoms. The van der Waals surface area contributed by atoms with Gasteiger partial charge in [-0.25, -0.2) is 0 Å². The predicted molar refractivity (Wildman–Crippen MR) is 72.5 cm³/mol. The number of hydrogen-bond donors (Lipinski definition) is 2. The van der Waals surface area contributed by atoms with Crippen molar-refractivity contribution < 1.29 is 14.7 Å². The third-order valence-corrected chi connectivity index (χ3v) is 3.41. The zero-order valence-corrected chi connectivity index (χ0v) is 11.8. The maximum absolute atomic E-state index is 11.4. The van der Waals surface area contributed by atoms with Crippen LogP contribution in [0.2, 0.25) is 0 Å². The van der Waals surface area contributed by atoms with E-state index in [9.17, 15) is 9.59 Å². The summed E-state index contributed by atoms with van der Waals surface area (Å²) in [6.45, 7) is 2.19. The molecular weight excluding hydrogens is 298 g/mol. The molecule has 0 fully saturated rings. The van der Waals surface area contributed by atoms with E-state index in [1.165, 1.54) is 0 Å². The van der Waals surface area contributed by atoms with Gasteiger partial charge in [-0.1, -0.05) is 28.1 Å². The first-order valence-electron chi connectivity index (χ1n) is 5.72. The molecule has 2 N–H and O–H groups in total. The second-order valence-corrected chi connectivity index (χ2v) is 4.93. The van der Waals surface area contributed by atoms with Gasteiger partial charge in [0.1, 0.15) is 0 Å². The Bertz CT molecular complexity index is 446. The van der Waals surface area contributed by atoms with Gasteiger partial charge < -0.3 is 10.4 Å². The molecule has 0 unspecified atom stereocenters. The second-order valence-electron chi connectivity index (χ2n) is 4.08. The van der Waals surface area contributed by atoms with Crippen LogP contribution in [0.3, 0.4) is 0 Å². The lowest BCUT2D eigenvalue weighted by atomic mass is 10.1. The number of carboxylic acid groups (broad SMARTS) is 1. The highest BCUT2D eigenvalue weighted by Crippen LogP contribution is 2.17. The number of aryl methyl sites for hydroxylation is 2. The van der Waals surface area contributed by atoms with Gasteiger partial charge >= 0.3 is 5.97 Å². The van der Waals surface area contributed by atoms with E-state index in [1.807, 2.05) is 25.1 Å². The van der Waals surface area contributed by atoms with Crippen LogP contribution in [0, 0.1) is 6.92 Å². The quantitative estimate of drug-likeness (QED) is 0.846. The lowest BCUT2D eigenvalue weighted by molar-refractivity contribution is -0.136. The van der Waals surface area contributed by atoms with E-state index in [4.69, 9.17) is 5.11 Å². The van der Waals surface area contributed by atoms with Gasteiger partial charge in [-0.2, -0.15) is 0 Å². The van der Waals surface area contributed by atoms with Crippen LogP contribution in [0.25, 0.3) is 0 Å². The summed E-state index contributed by atoms with van der Waals surface area (Å²) < 4.78 is 1.05. The molecule has 0 aliphatic heterocycles. The predicted octanol–water partition coefficient (Wildman–Crippen LogP) is 2.28. The molecule has 1 aromatic carbocycles. The summed E-state index contributed by atoms with van der Waals surface area (Å²) in [5, 5.41) is 11.0. The van der Waals surface area contributed by atoms with Crippen molar-refractivity contribution in [1.29, 1.82) is 0 Å². The summed E-state index contributed by atoms with van der Waals surface area (Å²) in [6.07, 6.45) is 0.997. The molecule has 0 spiro atoms. The lowest BCUT2D eigenvalue weighted by Gasteiger charge is -2.05. The summed E-state index contributed by atoms with van der Waals surface area (Å²) in [6, 6.07) is 5.98. The Morgan fingerprint density at radius 1 is 1.33 bits per heavy atom. The molecule has 1 amide bonds. The number of aliphatic carboxylic acids is 1. The third kappa shape index (κ3) is 5.31. The number of carbonyl (C=O) groups is 2. The van der Waals surface area contributed by atoms with E-state index in [0.717, 1.165) is 15.6 Å². The fourth-order valence-electron chi connectivity index (χ4n) is 1.52. The largest absolute Gasteiger partial charge is 0.481 e. The average Bonchev–Trinajstić information content (AvgIpc) is 2.30. The maximum atomic E-state index is 11.4. The Kier molecular flexibility index (Phi) is 5.85. The number of halogens is 1. The molecule has 1 rings (SSSR count). The van der Waals surface area contributed by atoms with Crippen molar-refractivity contribution in [3.8, 4) is 0 Å². The minimum Gasteiger partial charge on any atom is -0.481 e. The molecule has 1 aromatic rings. The van der Waals surface area contributed by atoms with Crippen LogP contribution in [0.1, 0.15) is 24.0 Å². The normalized spacial score (nSPS) is 10.1. The standard InChI is InChI=1S/C13H16BrNO3/c1-9-8-10(2-4-11(9)14)3-5-12(16)15-7-6-13(17)18/h2,4,8H,3,5-7H2,1H3,(H,15,16)(H,17,18). The summed E-state index contributed by atoms with van der Waals surface area (Å²) in [4.78, 5) is 21.7. The molecule has 0 saturated carbocycles. The number of nitrogens with one attached hydrogen (secondary N) is 1. The van der Waals surface area contributed by atoms with Crippen LogP contribution in [0.4, 0.5) is 0 Å². The number of carboxylic acids is 1. The van der Waals surface area contributed by atoms with Crippen LogP contribution >= 0.6 is 15.9 Å². The van der Waals surface area contributed by atoms with E-state index >= 15 is 0 Å². The number of benzene rings is 1. The molecule has 0 bridgehead atoms. The lowest BCUT2D eigenvalue weighted by Crippen LogP contribution is -2.26. The van der Waals surface area contributed by atoms with Gasteiger partial charge in [0.15, 0.2) is 0 Å². The number of hydrogen-bond acceptors (Lipinski definition) is 2. The Morgan fingerprint density at radius 2 is 2.06 bits per heavy atom. The van der Waals surface area contributed by atoms with Crippen LogP contribution in [0.5, 0.6) is 0 Å². The second kappa shape index (κ2) is 7.16. The van der Waals surface area contributed by atoms with E-state index < -0.39 is 5.97 Å². The van der Waals surface area contributed by atoms with Crippen molar-refractivity contribution >= 4 is 27.8 Å². The summed E-state index contributed by atoms with van der Waals surface area (Å²) >= 11 is 3.42. The summed E-state index contributed by atoms with van der Waals surface area (Å²) in [5.74, 6) is -1.02. The van der Waals surface area contributed by atoms with Crippen molar-refractivity contribution in [2.45, 2.75) is 26.2 Å². The highest BCUT2D eigenvalue weighted by atomic mass is 79.9. The topological polar surface area (TPSA) is 66.4 Å². The number of rotatable bonds is 6. The van der Waals surface area contributed by atoms with Gasteiger partial charge in [-0.15, -0.1) is 0 Å². The molecule has 0 aromatic heterocycles. The highest BCUT2D eigenvalue weighted by molar-refractivity contribution is 9.10. The zero-order chi connectivity index (χ0) is 13.5. The molecule has 0 atom stereocenters. The van der Waals surface area contributed by atoms with Gasteiger partial charge in [0.2, 0.25) is 5.91 Å². The first-order valence-corrected chi connectivity index (χ1v) is 6.52. The number of amides is 1. The molecular formula is C13H16BrNO3. The zero-order valence-electron chi connectivity index (χ0n) is 10.2.